The number of para-hydroxylation sites is 1. The highest BCUT2D eigenvalue weighted by atomic mass is 32.2. The predicted molar refractivity (Wildman–Crippen MR) is 146 cm³/mol. The smallest absolute Gasteiger partial charge is 0.297 e. The third kappa shape index (κ3) is 3.26. The number of halogens is 1. The molecule has 3 aromatic carbocycles. The monoisotopic (exact) mass is 556 g/mol. The van der Waals surface area contributed by atoms with E-state index in [-0.39, 0.29) is 27.4 Å². The highest BCUT2D eigenvalue weighted by Gasteiger charge is 2.66. The van der Waals surface area contributed by atoms with Crippen molar-refractivity contribution in [3.8, 4) is 0 Å². The van der Waals surface area contributed by atoms with E-state index in [1.54, 1.807) is 31.3 Å². The van der Waals surface area contributed by atoms with Gasteiger partial charge in [-0.25, -0.2) is 4.39 Å². The second-order valence-electron chi connectivity index (χ2n) is 9.13. The summed E-state index contributed by atoms with van der Waals surface area (Å²) in [5.74, 6) is -1.48. The van der Waals surface area contributed by atoms with Crippen LogP contribution >= 0.6 is 23.1 Å². The van der Waals surface area contributed by atoms with Crippen LogP contribution in [0.5, 0.6) is 0 Å². The van der Waals surface area contributed by atoms with E-state index >= 15 is 0 Å². The van der Waals surface area contributed by atoms with Crippen LogP contribution in [0.1, 0.15) is 27.2 Å². The summed E-state index contributed by atoms with van der Waals surface area (Å²) in [5, 5.41) is 8.65. The van der Waals surface area contributed by atoms with Gasteiger partial charge in [0.05, 0.1) is 10.9 Å². The first-order chi connectivity index (χ1) is 18.9. The Balaban J connectivity index is 1.45. The molecule has 0 fully saturated rings. The summed E-state index contributed by atoms with van der Waals surface area (Å²) in [7, 11) is 1.58. The molecule has 2 aliphatic rings. The lowest BCUT2D eigenvalue weighted by Gasteiger charge is -2.31. The predicted octanol–water partition coefficient (Wildman–Crippen LogP) is 4.96. The van der Waals surface area contributed by atoms with E-state index in [1.807, 2.05) is 30.3 Å². The first kappa shape index (κ1) is 23.7. The van der Waals surface area contributed by atoms with Crippen molar-refractivity contribution in [1.82, 2.24) is 10.2 Å². The number of rotatable bonds is 4. The Hall–Kier alpha value is -4.35. The average Bonchev–Trinajstić information content (AvgIpc) is 3.58. The Morgan fingerprint density at radius 1 is 1.00 bits per heavy atom. The van der Waals surface area contributed by atoms with E-state index in [2.05, 4.69) is 10.2 Å². The number of hydrogen-bond acceptors (Lipinski definition) is 8. The fourth-order valence-corrected chi connectivity index (χ4v) is 7.16. The van der Waals surface area contributed by atoms with Crippen molar-refractivity contribution in [3.05, 3.63) is 111 Å². The normalized spacial score (nSPS) is 17.9. The van der Waals surface area contributed by atoms with Gasteiger partial charge in [0.1, 0.15) is 11.4 Å². The van der Waals surface area contributed by atoms with Gasteiger partial charge in [-0.15, -0.1) is 10.2 Å². The van der Waals surface area contributed by atoms with E-state index in [0.29, 0.717) is 21.3 Å². The molecule has 0 radical (unpaired) electrons. The lowest BCUT2D eigenvalue weighted by Crippen LogP contribution is -2.53. The Morgan fingerprint density at radius 3 is 2.59 bits per heavy atom. The lowest BCUT2D eigenvalue weighted by atomic mass is 9.84. The number of hydrogen-bond donors (Lipinski definition) is 0. The van der Waals surface area contributed by atoms with Crippen LogP contribution < -0.4 is 15.2 Å². The van der Waals surface area contributed by atoms with E-state index < -0.39 is 28.6 Å². The maximum atomic E-state index is 14.2. The fourth-order valence-electron chi connectivity index (χ4n) is 5.31. The number of nitrogens with zero attached hydrogens (tertiary/aromatic N) is 4. The van der Waals surface area contributed by atoms with Crippen molar-refractivity contribution < 1.29 is 18.4 Å². The molecule has 4 heterocycles. The van der Waals surface area contributed by atoms with E-state index in [9.17, 15) is 18.8 Å². The van der Waals surface area contributed by atoms with Crippen molar-refractivity contribution in [2.75, 3.05) is 16.8 Å². The minimum Gasteiger partial charge on any atom is -0.450 e. The highest BCUT2D eigenvalue weighted by Crippen LogP contribution is 2.54. The molecule has 8 nitrogen and oxygen atoms in total. The second kappa shape index (κ2) is 8.58. The standard InChI is InChI=1S/C28H17FN4O4S2/c1-32-19-10-6-5-9-18(19)28(25(32)36)21-22(34)17-13-16(29)11-12-20(17)37-23(21)24(35)33(28)26-30-31-27(39-26)38-14-15-7-3-2-4-8-15/h2-13H,14H2,1H3. The summed E-state index contributed by atoms with van der Waals surface area (Å²) >= 11 is 2.59. The third-order valence-electron chi connectivity index (χ3n) is 7.01. The molecule has 192 valence electrons. The number of carbonyl (C=O) groups excluding carboxylic acids is 2. The summed E-state index contributed by atoms with van der Waals surface area (Å²) < 4.78 is 20.7. The van der Waals surface area contributed by atoms with E-state index in [1.165, 1.54) is 27.6 Å². The van der Waals surface area contributed by atoms with Crippen LogP contribution in [0.15, 0.2) is 86.3 Å². The zero-order chi connectivity index (χ0) is 26.9. The summed E-state index contributed by atoms with van der Waals surface area (Å²) in [4.78, 5) is 44.8. The molecule has 0 bridgehead atoms. The van der Waals surface area contributed by atoms with Gasteiger partial charge < -0.3 is 9.32 Å². The number of anilines is 2. The number of carbonyl (C=O) groups is 2. The second-order valence-corrected chi connectivity index (χ2v) is 11.3. The molecule has 1 atom stereocenters. The first-order valence-electron chi connectivity index (χ1n) is 11.9. The molecule has 0 aliphatic carbocycles. The van der Waals surface area contributed by atoms with Crippen molar-refractivity contribution >= 4 is 56.7 Å². The summed E-state index contributed by atoms with van der Waals surface area (Å²) in [6.45, 7) is 0. The van der Waals surface area contributed by atoms with E-state index in [0.717, 1.165) is 29.0 Å². The molecular formula is C28H17FN4O4S2. The molecule has 1 unspecified atom stereocenters. The highest BCUT2D eigenvalue weighted by molar-refractivity contribution is 8.00. The Kier molecular flexibility index (Phi) is 5.23. The van der Waals surface area contributed by atoms with Crippen LogP contribution in [-0.2, 0) is 16.1 Å². The van der Waals surface area contributed by atoms with Crippen LogP contribution in [0.25, 0.3) is 11.0 Å². The number of thioether (sulfide) groups is 1. The zero-order valence-electron chi connectivity index (χ0n) is 20.3. The molecule has 0 saturated heterocycles. The van der Waals surface area contributed by atoms with Crippen molar-refractivity contribution in [2.24, 2.45) is 0 Å². The molecule has 1 spiro atoms. The molecule has 39 heavy (non-hydrogen) atoms. The summed E-state index contributed by atoms with van der Waals surface area (Å²) in [6, 6.07) is 20.3. The van der Waals surface area contributed by atoms with Crippen LogP contribution in [0.3, 0.4) is 0 Å². The first-order valence-corrected chi connectivity index (χ1v) is 13.7. The van der Waals surface area contributed by atoms with Gasteiger partial charge in [0.2, 0.25) is 10.9 Å². The molecule has 5 aromatic rings. The minimum absolute atomic E-state index is 0.0500. The van der Waals surface area contributed by atoms with Gasteiger partial charge in [-0.1, -0.05) is 71.6 Å². The van der Waals surface area contributed by atoms with Crippen LogP contribution in [0.2, 0.25) is 0 Å². The van der Waals surface area contributed by atoms with Crippen LogP contribution in [0, 0.1) is 5.82 Å². The molecular weight excluding hydrogens is 539 g/mol. The van der Waals surface area contributed by atoms with E-state index in [4.69, 9.17) is 4.42 Å². The molecule has 2 amide bonds. The van der Waals surface area contributed by atoms with Gasteiger partial charge in [-0.2, -0.15) is 0 Å². The Morgan fingerprint density at radius 2 is 1.77 bits per heavy atom. The quantitative estimate of drug-likeness (QED) is 0.228. The van der Waals surface area contributed by atoms with Crippen molar-refractivity contribution in [3.63, 3.8) is 0 Å². The third-order valence-corrected chi connectivity index (χ3v) is 9.12. The van der Waals surface area contributed by atoms with Gasteiger partial charge in [-0.3, -0.25) is 19.3 Å². The topological polar surface area (TPSA) is 96.6 Å². The molecule has 0 saturated carbocycles. The minimum atomic E-state index is -1.88. The fraction of sp³-hybridized carbons (Fsp3) is 0.107. The van der Waals surface area contributed by atoms with Gasteiger partial charge in [0, 0.05) is 24.1 Å². The zero-order valence-corrected chi connectivity index (χ0v) is 21.9. The SMILES string of the molecule is CN1C(=O)C2(c3ccccc31)c1c(oc3ccc(F)cc3c1=O)C(=O)N2c1nnc(SCc2ccccc2)s1. The Bertz CT molecular complexity index is 1890. The number of fused-ring (bicyclic) bond motifs is 5. The number of amides is 2. The Labute approximate surface area is 228 Å². The maximum absolute atomic E-state index is 14.2. The molecule has 7 rings (SSSR count). The average molecular weight is 557 g/mol. The van der Waals surface area contributed by atoms with Crippen LogP contribution in [-0.4, -0.2) is 29.1 Å². The van der Waals surface area contributed by atoms with Gasteiger partial charge in [-0.05, 0) is 29.8 Å². The number of likely N-dealkylation sites (N-methyl/N-ethyl adjacent to an activating group) is 1. The van der Waals surface area contributed by atoms with Crippen LogP contribution in [0.4, 0.5) is 15.2 Å². The van der Waals surface area contributed by atoms with Crippen molar-refractivity contribution in [1.29, 1.82) is 0 Å². The summed E-state index contributed by atoms with van der Waals surface area (Å²) in [5.41, 5.74) is -0.565. The maximum Gasteiger partial charge on any atom is 0.297 e. The summed E-state index contributed by atoms with van der Waals surface area (Å²) in [6.07, 6.45) is 0. The van der Waals surface area contributed by atoms with Gasteiger partial charge in [0.15, 0.2) is 15.3 Å². The lowest BCUT2D eigenvalue weighted by molar-refractivity contribution is -0.121. The molecule has 11 heteroatoms. The van der Waals surface area contributed by atoms with Crippen molar-refractivity contribution in [2.45, 2.75) is 15.6 Å². The number of aromatic nitrogens is 2. The molecule has 0 N–H and O–H groups in total. The molecule has 2 aromatic heterocycles. The van der Waals surface area contributed by atoms with Gasteiger partial charge >= 0.3 is 0 Å². The number of benzene rings is 3. The largest absolute Gasteiger partial charge is 0.450 e. The van der Waals surface area contributed by atoms with Gasteiger partial charge in [0.25, 0.3) is 11.8 Å². The molecule has 2 aliphatic heterocycles.